The summed E-state index contributed by atoms with van der Waals surface area (Å²) in [7, 11) is 0. The molecule has 1 amide bonds. The number of amides is 1. The Balaban J connectivity index is 1.47. The minimum Gasteiger partial charge on any atom is -0.395 e. The van der Waals surface area contributed by atoms with Gasteiger partial charge in [0.15, 0.2) is 0 Å². The quantitative estimate of drug-likeness (QED) is 0.796. The van der Waals surface area contributed by atoms with Gasteiger partial charge in [0.25, 0.3) is 0 Å². The highest BCUT2D eigenvalue weighted by Crippen LogP contribution is 2.22. The molecule has 5 heteroatoms. The van der Waals surface area contributed by atoms with Gasteiger partial charge >= 0.3 is 0 Å². The van der Waals surface area contributed by atoms with E-state index < -0.39 is 0 Å². The summed E-state index contributed by atoms with van der Waals surface area (Å²) in [5.74, 6) is 0.226. The van der Waals surface area contributed by atoms with Gasteiger partial charge in [-0.05, 0) is 25.3 Å². The molecule has 0 atom stereocenters. The first kappa shape index (κ1) is 20.3. The summed E-state index contributed by atoms with van der Waals surface area (Å²) >= 11 is 0. The van der Waals surface area contributed by atoms with Gasteiger partial charge in [0.1, 0.15) is 0 Å². The molecular formula is C22H35N3O2. The average Bonchev–Trinajstić information content (AvgIpc) is 2.69. The smallest absolute Gasteiger partial charge is 0.236 e. The highest BCUT2D eigenvalue weighted by molar-refractivity contribution is 5.78. The number of hydrogen-bond donors (Lipinski definition) is 1. The summed E-state index contributed by atoms with van der Waals surface area (Å²) in [6.45, 7) is 7.78. The fourth-order valence-corrected chi connectivity index (χ4v) is 4.46. The number of hydrogen-bond acceptors (Lipinski definition) is 4. The number of aryl methyl sites for hydroxylation is 1. The molecule has 1 aromatic rings. The van der Waals surface area contributed by atoms with Gasteiger partial charge < -0.3 is 10.0 Å². The van der Waals surface area contributed by atoms with Gasteiger partial charge in [-0.2, -0.15) is 0 Å². The van der Waals surface area contributed by atoms with Crippen LogP contribution in [0.3, 0.4) is 0 Å². The molecule has 1 aliphatic heterocycles. The molecule has 2 fully saturated rings. The minimum absolute atomic E-state index is 0.133. The molecule has 1 saturated carbocycles. The SMILES string of the molecule is Cc1cccc(CN2CCN(C(=O)CN(CCO)C3CCCCC3)CC2)c1. The first-order valence-corrected chi connectivity index (χ1v) is 10.6. The van der Waals surface area contributed by atoms with Crippen molar-refractivity contribution in [3.8, 4) is 0 Å². The molecule has 1 saturated heterocycles. The summed E-state index contributed by atoms with van der Waals surface area (Å²) in [6, 6.07) is 9.14. The van der Waals surface area contributed by atoms with E-state index in [-0.39, 0.29) is 12.5 Å². The van der Waals surface area contributed by atoms with Crippen LogP contribution < -0.4 is 0 Å². The summed E-state index contributed by atoms with van der Waals surface area (Å²) in [5.41, 5.74) is 2.65. The number of carbonyl (C=O) groups is 1. The lowest BCUT2D eigenvalue weighted by Crippen LogP contribution is -2.52. The van der Waals surface area contributed by atoms with Gasteiger partial charge in [-0.25, -0.2) is 0 Å². The number of benzene rings is 1. The monoisotopic (exact) mass is 373 g/mol. The first-order chi connectivity index (χ1) is 13.2. The minimum atomic E-state index is 0.133. The van der Waals surface area contributed by atoms with Crippen LogP contribution in [0.25, 0.3) is 0 Å². The van der Waals surface area contributed by atoms with E-state index in [4.69, 9.17) is 0 Å². The van der Waals surface area contributed by atoms with E-state index in [0.29, 0.717) is 19.1 Å². The van der Waals surface area contributed by atoms with Crippen LogP contribution in [0.1, 0.15) is 43.2 Å². The van der Waals surface area contributed by atoms with Crippen molar-refractivity contribution in [2.75, 3.05) is 45.9 Å². The second-order valence-corrected chi connectivity index (χ2v) is 8.13. The van der Waals surface area contributed by atoms with Crippen molar-refractivity contribution < 1.29 is 9.90 Å². The molecule has 0 radical (unpaired) electrons. The van der Waals surface area contributed by atoms with E-state index in [1.54, 1.807) is 0 Å². The van der Waals surface area contributed by atoms with Gasteiger partial charge in [-0.1, -0.05) is 49.1 Å². The number of aliphatic hydroxyl groups excluding tert-OH is 1. The van der Waals surface area contributed by atoms with E-state index in [0.717, 1.165) is 45.6 Å². The lowest BCUT2D eigenvalue weighted by molar-refractivity contribution is -0.135. The number of piperazine rings is 1. The van der Waals surface area contributed by atoms with Crippen LogP contribution in [-0.2, 0) is 11.3 Å². The number of rotatable bonds is 7. The van der Waals surface area contributed by atoms with E-state index >= 15 is 0 Å². The molecule has 2 aliphatic rings. The standard InChI is InChI=1S/C22H35N3O2/c1-19-6-5-7-20(16-19)17-23-10-12-24(13-11-23)22(27)18-25(14-15-26)21-8-3-2-4-9-21/h5-7,16,21,26H,2-4,8-15,17-18H2,1H3. The molecular weight excluding hydrogens is 338 g/mol. The Labute approximate surface area is 163 Å². The average molecular weight is 374 g/mol. The third-order valence-corrected chi connectivity index (χ3v) is 6.03. The Morgan fingerprint density at radius 2 is 1.89 bits per heavy atom. The highest BCUT2D eigenvalue weighted by atomic mass is 16.3. The van der Waals surface area contributed by atoms with Gasteiger partial charge in [-0.3, -0.25) is 14.6 Å². The van der Waals surface area contributed by atoms with Gasteiger partial charge in [-0.15, -0.1) is 0 Å². The molecule has 0 unspecified atom stereocenters. The Bertz CT molecular complexity index is 593. The van der Waals surface area contributed by atoms with Crippen LogP contribution in [-0.4, -0.2) is 77.6 Å². The van der Waals surface area contributed by atoms with Crippen LogP contribution in [0.15, 0.2) is 24.3 Å². The third-order valence-electron chi connectivity index (χ3n) is 6.03. The van der Waals surface area contributed by atoms with Crippen LogP contribution in [0.2, 0.25) is 0 Å². The van der Waals surface area contributed by atoms with Crippen LogP contribution in [0, 0.1) is 6.92 Å². The molecule has 1 aliphatic carbocycles. The second-order valence-electron chi connectivity index (χ2n) is 8.13. The molecule has 150 valence electrons. The van der Waals surface area contributed by atoms with E-state index in [1.165, 1.54) is 30.4 Å². The Hall–Kier alpha value is -1.43. The van der Waals surface area contributed by atoms with E-state index in [1.807, 2.05) is 4.90 Å². The van der Waals surface area contributed by atoms with E-state index in [9.17, 15) is 9.90 Å². The topological polar surface area (TPSA) is 47.0 Å². The fourth-order valence-electron chi connectivity index (χ4n) is 4.46. The van der Waals surface area contributed by atoms with Gasteiger partial charge in [0.2, 0.25) is 5.91 Å². The molecule has 0 bridgehead atoms. The van der Waals surface area contributed by atoms with Crippen LogP contribution >= 0.6 is 0 Å². The Morgan fingerprint density at radius 3 is 2.56 bits per heavy atom. The first-order valence-electron chi connectivity index (χ1n) is 10.6. The molecule has 0 spiro atoms. The fraction of sp³-hybridized carbons (Fsp3) is 0.682. The Kier molecular flexibility index (Phi) is 7.68. The maximum Gasteiger partial charge on any atom is 0.236 e. The third kappa shape index (κ3) is 6.03. The van der Waals surface area contributed by atoms with Crippen molar-refractivity contribution in [2.24, 2.45) is 0 Å². The molecule has 27 heavy (non-hydrogen) atoms. The zero-order valence-corrected chi connectivity index (χ0v) is 16.8. The van der Waals surface area contributed by atoms with E-state index in [2.05, 4.69) is 41.0 Å². The zero-order chi connectivity index (χ0) is 19.1. The van der Waals surface area contributed by atoms with Crippen molar-refractivity contribution in [1.82, 2.24) is 14.7 Å². The zero-order valence-electron chi connectivity index (χ0n) is 16.8. The molecule has 1 N–H and O–H groups in total. The summed E-state index contributed by atoms with van der Waals surface area (Å²) < 4.78 is 0. The number of nitrogens with zero attached hydrogens (tertiary/aromatic N) is 3. The maximum atomic E-state index is 12.8. The van der Waals surface area contributed by atoms with Crippen molar-refractivity contribution in [2.45, 2.75) is 51.6 Å². The van der Waals surface area contributed by atoms with Crippen LogP contribution in [0.5, 0.6) is 0 Å². The second kappa shape index (κ2) is 10.2. The summed E-state index contributed by atoms with van der Waals surface area (Å²) in [4.78, 5) is 19.5. The largest absolute Gasteiger partial charge is 0.395 e. The summed E-state index contributed by atoms with van der Waals surface area (Å²) in [6.07, 6.45) is 6.13. The lowest BCUT2D eigenvalue weighted by atomic mass is 9.94. The van der Waals surface area contributed by atoms with Crippen LogP contribution in [0.4, 0.5) is 0 Å². The molecule has 3 rings (SSSR count). The van der Waals surface area contributed by atoms with Crippen molar-refractivity contribution in [3.05, 3.63) is 35.4 Å². The predicted molar refractivity (Wildman–Crippen MR) is 109 cm³/mol. The van der Waals surface area contributed by atoms with Crippen molar-refractivity contribution in [1.29, 1.82) is 0 Å². The molecule has 0 aromatic heterocycles. The molecule has 1 heterocycles. The maximum absolute atomic E-state index is 12.8. The number of carbonyl (C=O) groups excluding carboxylic acids is 1. The van der Waals surface area contributed by atoms with Crippen molar-refractivity contribution in [3.63, 3.8) is 0 Å². The summed E-state index contributed by atoms with van der Waals surface area (Å²) in [5, 5.41) is 9.41. The highest BCUT2D eigenvalue weighted by Gasteiger charge is 2.26. The van der Waals surface area contributed by atoms with Crippen molar-refractivity contribution >= 4 is 5.91 Å². The number of aliphatic hydroxyl groups is 1. The molecule has 1 aromatic carbocycles. The molecule has 5 nitrogen and oxygen atoms in total. The van der Waals surface area contributed by atoms with Gasteiger partial charge in [0.05, 0.1) is 13.2 Å². The normalized spacial score (nSPS) is 19.6. The van der Waals surface area contributed by atoms with Gasteiger partial charge in [0, 0.05) is 45.3 Å². The Morgan fingerprint density at radius 1 is 1.15 bits per heavy atom. The predicted octanol–water partition coefficient (Wildman–Crippen LogP) is 2.27. The lowest BCUT2D eigenvalue weighted by Gasteiger charge is -2.38.